The minimum absolute atomic E-state index is 0.244. The molecule has 0 aromatic rings. The van der Waals surface area contributed by atoms with Gasteiger partial charge in [-0.15, -0.1) is 0 Å². The smallest absolute Gasteiger partial charge is 0.307 e. The lowest BCUT2D eigenvalue weighted by atomic mass is 10.0. The Balaban J connectivity index is 2.53. The zero-order chi connectivity index (χ0) is 11.7. The normalized spacial score (nSPS) is 19.8. The van der Waals surface area contributed by atoms with E-state index >= 15 is 0 Å². The first-order valence-corrected chi connectivity index (χ1v) is 5.05. The maximum absolute atomic E-state index is 11.6. The summed E-state index contributed by atoms with van der Waals surface area (Å²) in [4.78, 5) is 11.6. The molecule has 0 unspecified atom stereocenters. The fourth-order valence-corrected chi connectivity index (χ4v) is 1.47. The molecule has 1 aliphatic carbocycles. The molecule has 4 N–H and O–H groups in total. The van der Waals surface area contributed by atoms with Gasteiger partial charge >= 0.3 is 5.97 Å². The van der Waals surface area contributed by atoms with E-state index in [1.54, 1.807) is 0 Å². The standard InChI is InChI=1S/C10H19N3O2/c1-9(2,3)15-7(14)6-10(4-5-10)8(11)13-12/h4-6,12H2,1-3H3,(H2,11,13). The maximum atomic E-state index is 11.6. The summed E-state index contributed by atoms with van der Waals surface area (Å²) in [7, 11) is 0. The number of hydrogen-bond acceptors (Lipinski definition) is 4. The van der Waals surface area contributed by atoms with Crippen molar-refractivity contribution >= 4 is 11.8 Å². The van der Waals surface area contributed by atoms with Gasteiger partial charge in [-0.1, -0.05) is 0 Å². The third-order valence-electron chi connectivity index (χ3n) is 2.44. The third kappa shape index (κ3) is 3.11. The highest BCUT2D eigenvalue weighted by Crippen LogP contribution is 2.49. The van der Waals surface area contributed by atoms with Crippen molar-refractivity contribution in [2.24, 2.45) is 22.1 Å². The fourth-order valence-electron chi connectivity index (χ4n) is 1.47. The van der Waals surface area contributed by atoms with E-state index in [1.165, 1.54) is 0 Å². The highest BCUT2D eigenvalue weighted by Gasteiger charge is 2.49. The molecule has 5 heteroatoms. The number of esters is 1. The van der Waals surface area contributed by atoms with Crippen LogP contribution >= 0.6 is 0 Å². The first-order valence-electron chi connectivity index (χ1n) is 5.05. The minimum atomic E-state index is -0.457. The van der Waals surface area contributed by atoms with Crippen molar-refractivity contribution in [3.8, 4) is 0 Å². The number of hydrazone groups is 1. The van der Waals surface area contributed by atoms with Gasteiger partial charge in [0.05, 0.1) is 6.42 Å². The minimum Gasteiger partial charge on any atom is -0.460 e. The number of nitrogens with zero attached hydrogens (tertiary/aromatic N) is 1. The van der Waals surface area contributed by atoms with Crippen molar-refractivity contribution < 1.29 is 9.53 Å². The second-order valence-electron chi connectivity index (χ2n) is 5.06. The molecule has 0 bridgehead atoms. The molecule has 0 aliphatic heterocycles. The van der Waals surface area contributed by atoms with E-state index in [4.69, 9.17) is 16.3 Å². The predicted molar refractivity (Wildman–Crippen MR) is 57.9 cm³/mol. The summed E-state index contributed by atoms with van der Waals surface area (Å²) >= 11 is 0. The van der Waals surface area contributed by atoms with Gasteiger partial charge in [-0.3, -0.25) is 4.79 Å². The molecule has 0 amide bonds. The third-order valence-corrected chi connectivity index (χ3v) is 2.44. The summed E-state index contributed by atoms with van der Waals surface area (Å²) in [5.41, 5.74) is 4.86. The molecule has 0 aromatic heterocycles. The van der Waals surface area contributed by atoms with E-state index < -0.39 is 5.60 Å². The molecule has 15 heavy (non-hydrogen) atoms. The van der Waals surface area contributed by atoms with Crippen LogP contribution in [0.2, 0.25) is 0 Å². The molecular weight excluding hydrogens is 194 g/mol. The first-order chi connectivity index (χ1) is 6.79. The zero-order valence-corrected chi connectivity index (χ0v) is 9.54. The van der Waals surface area contributed by atoms with Gasteiger partial charge < -0.3 is 16.3 Å². The summed E-state index contributed by atoms with van der Waals surface area (Å²) in [6.07, 6.45) is 1.99. The Morgan fingerprint density at radius 1 is 1.47 bits per heavy atom. The van der Waals surface area contributed by atoms with Gasteiger partial charge in [-0.2, -0.15) is 5.10 Å². The molecule has 0 saturated heterocycles. The second-order valence-corrected chi connectivity index (χ2v) is 5.06. The van der Waals surface area contributed by atoms with Gasteiger partial charge in [0, 0.05) is 5.41 Å². The topological polar surface area (TPSA) is 90.7 Å². The van der Waals surface area contributed by atoms with Crippen LogP contribution in [0.25, 0.3) is 0 Å². The average molecular weight is 213 g/mol. The summed E-state index contributed by atoms with van der Waals surface area (Å²) in [6, 6.07) is 0. The highest BCUT2D eigenvalue weighted by molar-refractivity contribution is 5.92. The van der Waals surface area contributed by atoms with Crippen molar-refractivity contribution in [2.45, 2.75) is 45.6 Å². The van der Waals surface area contributed by atoms with Crippen molar-refractivity contribution in [1.29, 1.82) is 0 Å². The molecule has 5 nitrogen and oxygen atoms in total. The van der Waals surface area contributed by atoms with Gasteiger partial charge in [0.2, 0.25) is 0 Å². The Morgan fingerprint density at radius 3 is 2.33 bits per heavy atom. The highest BCUT2D eigenvalue weighted by atomic mass is 16.6. The second kappa shape index (κ2) is 3.72. The summed E-state index contributed by atoms with van der Waals surface area (Å²) < 4.78 is 5.22. The van der Waals surface area contributed by atoms with Crippen LogP contribution in [0.5, 0.6) is 0 Å². The van der Waals surface area contributed by atoms with E-state index in [9.17, 15) is 4.79 Å². The lowest BCUT2D eigenvalue weighted by Gasteiger charge is -2.21. The molecule has 1 aliphatic rings. The summed E-state index contributed by atoms with van der Waals surface area (Å²) in [6.45, 7) is 5.51. The largest absolute Gasteiger partial charge is 0.460 e. The van der Waals surface area contributed by atoms with Gasteiger partial charge in [0.1, 0.15) is 11.4 Å². The number of nitrogens with two attached hydrogens (primary N) is 2. The van der Waals surface area contributed by atoms with Crippen LogP contribution in [0, 0.1) is 5.41 Å². The lowest BCUT2D eigenvalue weighted by Crippen LogP contribution is -2.32. The number of carbonyl (C=O) groups is 1. The van der Waals surface area contributed by atoms with Crippen molar-refractivity contribution in [3.05, 3.63) is 0 Å². The summed E-state index contributed by atoms with van der Waals surface area (Å²) in [5, 5.41) is 3.46. The van der Waals surface area contributed by atoms with Crippen LogP contribution in [0.3, 0.4) is 0 Å². The molecule has 0 spiro atoms. The number of rotatable bonds is 3. The van der Waals surface area contributed by atoms with Crippen LogP contribution in [-0.4, -0.2) is 17.4 Å². The van der Waals surface area contributed by atoms with Crippen molar-refractivity contribution in [2.75, 3.05) is 0 Å². The molecular formula is C10H19N3O2. The Kier molecular flexibility index (Phi) is 2.93. The fraction of sp³-hybridized carbons (Fsp3) is 0.800. The number of ether oxygens (including phenoxy) is 1. The van der Waals surface area contributed by atoms with Crippen LogP contribution in [0.1, 0.15) is 40.0 Å². The van der Waals surface area contributed by atoms with E-state index in [-0.39, 0.29) is 17.8 Å². The number of amidine groups is 1. The van der Waals surface area contributed by atoms with Gasteiger partial charge in [0.15, 0.2) is 0 Å². The molecule has 86 valence electrons. The van der Waals surface area contributed by atoms with Crippen LogP contribution in [-0.2, 0) is 9.53 Å². The number of carbonyl (C=O) groups excluding carboxylic acids is 1. The molecule has 1 rings (SSSR count). The quantitative estimate of drug-likeness (QED) is 0.238. The SMILES string of the molecule is CC(C)(C)OC(=O)CC1(/C(N)=N/N)CC1. The molecule has 1 saturated carbocycles. The summed E-state index contributed by atoms with van der Waals surface area (Å²) in [5.74, 6) is 5.22. The van der Waals surface area contributed by atoms with E-state index in [2.05, 4.69) is 5.10 Å². The monoisotopic (exact) mass is 213 g/mol. The van der Waals surface area contributed by atoms with Crippen LogP contribution in [0.4, 0.5) is 0 Å². The molecule has 0 atom stereocenters. The Morgan fingerprint density at radius 2 is 2.00 bits per heavy atom. The predicted octanol–water partition coefficient (Wildman–Crippen LogP) is 0.729. The van der Waals surface area contributed by atoms with Gasteiger partial charge in [0.25, 0.3) is 0 Å². The average Bonchev–Trinajstić information content (AvgIpc) is 2.80. The van der Waals surface area contributed by atoms with Gasteiger partial charge in [-0.25, -0.2) is 0 Å². The lowest BCUT2D eigenvalue weighted by molar-refractivity contribution is -0.155. The Labute approximate surface area is 89.8 Å². The van der Waals surface area contributed by atoms with E-state index in [0.29, 0.717) is 5.84 Å². The van der Waals surface area contributed by atoms with E-state index in [0.717, 1.165) is 12.8 Å². The maximum Gasteiger partial charge on any atom is 0.307 e. The van der Waals surface area contributed by atoms with E-state index in [1.807, 2.05) is 20.8 Å². The molecule has 0 aromatic carbocycles. The first kappa shape index (κ1) is 11.8. The zero-order valence-electron chi connectivity index (χ0n) is 9.54. The molecule has 1 fully saturated rings. The van der Waals surface area contributed by atoms with Crippen molar-refractivity contribution in [1.82, 2.24) is 0 Å². The Bertz CT molecular complexity index is 288. The molecule has 0 heterocycles. The molecule has 0 radical (unpaired) electrons. The number of hydrogen-bond donors (Lipinski definition) is 2. The van der Waals surface area contributed by atoms with Crippen LogP contribution in [0.15, 0.2) is 5.10 Å². The Hall–Kier alpha value is -1.26. The van der Waals surface area contributed by atoms with Crippen LogP contribution < -0.4 is 11.6 Å². The van der Waals surface area contributed by atoms with Gasteiger partial charge in [-0.05, 0) is 33.6 Å². The van der Waals surface area contributed by atoms with Crippen molar-refractivity contribution in [3.63, 3.8) is 0 Å².